The summed E-state index contributed by atoms with van der Waals surface area (Å²) < 4.78 is 18.4. The van der Waals surface area contributed by atoms with Gasteiger partial charge in [0.05, 0.1) is 33.4 Å². The average Bonchev–Trinajstić information content (AvgIpc) is 3.39. The van der Waals surface area contributed by atoms with Crippen molar-refractivity contribution in [2.45, 2.75) is 11.0 Å². The Kier molecular flexibility index (Phi) is 6.27. The minimum absolute atomic E-state index is 0.243. The number of aromatic nitrogens is 5. The van der Waals surface area contributed by atoms with Crippen molar-refractivity contribution in [3.05, 3.63) is 48.0 Å². The number of nitrogens with zero attached hydrogens (tertiary/aromatic N) is 6. The monoisotopic (exact) mass is 402 g/mol. The zero-order valence-corrected chi connectivity index (χ0v) is 16.3. The summed E-state index contributed by atoms with van der Waals surface area (Å²) in [7, 11) is 4.50. The first-order chi connectivity index (χ1) is 13.6. The van der Waals surface area contributed by atoms with Crippen LogP contribution in [-0.4, -0.2) is 58.2 Å². The van der Waals surface area contributed by atoms with E-state index >= 15 is 0 Å². The zero-order chi connectivity index (χ0) is 19.9. The van der Waals surface area contributed by atoms with Crippen LogP contribution < -0.4 is 9.47 Å². The molecule has 0 atom stereocenters. The Morgan fingerprint density at radius 3 is 2.86 bits per heavy atom. The van der Waals surface area contributed by atoms with E-state index in [0.29, 0.717) is 22.5 Å². The summed E-state index contributed by atoms with van der Waals surface area (Å²) in [5, 5.41) is 17.0. The minimum Gasteiger partial charge on any atom is -0.497 e. The quantitative estimate of drug-likeness (QED) is 0.320. The number of carbonyl (C=O) groups is 1. The highest BCUT2D eigenvalue weighted by molar-refractivity contribution is 7.98. The summed E-state index contributed by atoms with van der Waals surface area (Å²) in [6.45, 7) is 0. The molecule has 0 fully saturated rings. The van der Waals surface area contributed by atoms with E-state index in [1.807, 2.05) is 12.1 Å². The third kappa shape index (κ3) is 4.49. The van der Waals surface area contributed by atoms with Crippen LogP contribution >= 0.6 is 11.8 Å². The minimum atomic E-state index is -0.483. The number of rotatable bonds is 8. The van der Waals surface area contributed by atoms with Crippen molar-refractivity contribution < 1.29 is 19.0 Å². The fraction of sp³-hybridized carbons (Fsp3) is 0.235. The predicted molar refractivity (Wildman–Crippen MR) is 102 cm³/mol. The molecule has 11 heteroatoms. The molecule has 0 radical (unpaired) electrons. The van der Waals surface area contributed by atoms with Crippen LogP contribution in [0.4, 0.5) is 0 Å². The normalized spacial score (nSPS) is 11.0. The summed E-state index contributed by atoms with van der Waals surface area (Å²) in [5.41, 5.74) is 0.994. The molecule has 10 nitrogen and oxygen atoms in total. The molecule has 2 heterocycles. The van der Waals surface area contributed by atoms with Crippen LogP contribution in [0.5, 0.6) is 11.5 Å². The predicted octanol–water partition coefficient (Wildman–Crippen LogP) is 1.91. The summed E-state index contributed by atoms with van der Waals surface area (Å²) >= 11 is 1.36. The maximum atomic E-state index is 11.5. The molecular formula is C17H18N6O4S. The van der Waals surface area contributed by atoms with E-state index in [0.717, 1.165) is 5.56 Å². The maximum Gasteiger partial charge on any atom is 0.358 e. The smallest absolute Gasteiger partial charge is 0.358 e. The van der Waals surface area contributed by atoms with Gasteiger partial charge < -0.3 is 14.2 Å². The first-order valence-electron chi connectivity index (χ1n) is 8.05. The highest BCUT2D eigenvalue weighted by Gasteiger charge is 2.10. The van der Waals surface area contributed by atoms with Crippen LogP contribution in [0.15, 0.2) is 47.0 Å². The molecule has 1 aromatic carbocycles. The molecule has 0 aliphatic rings. The number of ether oxygens (including phenoxy) is 3. The number of thioether (sulfide) groups is 1. The Morgan fingerprint density at radius 1 is 1.25 bits per heavy atom. The average molecular weight is 402 g/mol. The molecule has 0 amide bonds. The summed E-state index contributed by atoms with van der Waals surface area (Å²) in [6.07, 6.45) is 4.82. The van der Waals surface area contributed by atoms with Crippen LogP contribution in [0.25, 0.3) is 0 Å². The molecule has 3 rings (SSSR count). The summed E-state index contributed by atoms with van der Waals surface area (Å²) in [4.78, 5) is 11.5. The van der Waals surface area contributed by atoms with Gasteiger partial charge in [0, 0.05) is 11.8 Å². The third-order valence-corrected chi connectivity index (χ3v) is 4.54. The van der Waals surface area contributed by atoms with E-state index < -0.39 is 5.97 Å². The highest BCUT2D eigenvalue weighted by Crippen LogP contribution is 2.23. The number of carbonyl (C=O) groups excluding carboxylic acids is 1. The largest absolute Gasteiger partial charge is 0.497 e. The SMILES string of the molecule is COC(=O)c1ccn(CSc2nncn2/N=C/c2cc(OC)ccc2OC)n1. The first kappa shape index (κ1) is 19.4. The third-order valence-electron chi connectivity index (χ3n) is 3.62. The molecule has 146 valence electrons. The van der Waals surface area contributed by atoms with E-state index in [2.05, 4.69) is 25.1 Å². The number of hydrogen-bond acceptors (Lipinski definition) is 9. The van der Waals surface area contributed by atoms with Gasteiger partial charge >= 0.3 is 5.97 Å². The van der Waals surface area contributed by atoms with Crippen molar-refractivity contribution in [2.24, 2.45) is 5.10 Å². The Bertz CT molecular complexity index is 984. The lowest BCUT2D eigenvalue weighted by Crippen LogP contribution is -2.04. The van der Waals surface area contributed by atoms with Gasteiger partial charge in [0.25, 0.3) is 0 Å². The molecule has 0 aliphatic heterocycles. The van der Waals surface area contributed by atoms with Crippen LogP contribution in [0.1, 0.15) is 16.1 Å². The highest BCUT2D eigenvalue weighted by atomic mass is 32.2. The van der Waals surface area contributed by atoms with Gasteiger partial charge in [0.2, 0.25) is 5.16 Å². The van der Waals surface area contributed by atoms with Gasteiger partial charge in [0.15, 0.2) is 5.69 Å². The van der Waals surface area contributed by atoms with Crippen molar-refractivity contribution in [3.63, 3.8) is 0 Å². The van der Waals surface area contributed by atoms with Crippen LogP contribution in [0.3, 0.4) is 0 Å². The molecule has 0 spiro atoms. The standard InChI is InChI=1S/C17H18N6O4S/c1-25-13-4-5-15(26-2)12(8-13)9-19-23-10-18-20-17(23)28-11-22-7-6-14(21-22)16(24)27-3/h4-10H,11H2,1-3H3/b19-9+. The van der Waals surface area contributed by atoms with Crippen LogP contribution in [0.2, 0.25) is 0 Å². The second-order valence-electron chi connectivity index (χ2n) is 5.32. The van der Waals surface area contributed by atoms with Gasteiger partial charge in [-0.15, -0.1) is 10.2 Å². The van der Waals surface area contributed by atoms with Gasteiger partial charge in [-0.05, 0) is 24.3 Å². The van der Waals surface area contributed by atoms with Gasteiger partial charge in [0.1, 0.15) is 17.8 Å². The van der Waals surface area contributed by atoms with E-state index in [4.69, 9.17) is 9.47 Å². The lowest BCUT2D eigenvalue weighted by molar-refractivity contribution is 0.0593. The van der Waals surface area contributed by atoms with Crippen LogP contribution in [0, 0.1) is 0 Å². The molecule has 0 unspecified atom stereocenters. The van der Waals surface area contributed by atoms with Gasteiger partial charge in [-0.2, -0.15) is 14.9 Å². The topological polar surface area (TPSA) is 106 Å². The Morgan fingerprint density at radius 2 is 2.11 bits per heavy atom. The lowest BCUT2D eigenvalue weighted by atomic mass is 10.2. The second kappa shape index (κ2) is 9.04. The van der Waals surface area contributed by atoms with Crippen LogP contribution in [-0.2, 0) is 10.6 Å². The van der Waals surface area contributed by atoms with Crippen molar-refractivity contribution in [2.75, 3.05) is 21.3 Å². The molecule has 2 aromatic heterocycles. The molecule has 3 aromatic rings. The van der Waals surface area contributed by atoms with E-state index in [1.165, 1.54) is 29.9 Å². The lowest BCUT2D eigenvalue weighted by Gasteiger charge is -2.07. The Balaban J connectivity index is 1.71. The second-order valence-corrected chi connectivity index (χ2v) is 6.23. The molecule has 0 N–H and O–H groups in total. The first-order valence-corrected chi connectivity index (χ1v) is 9.04. The molecule has 0 saturated heterocycles. The van der Waals surface area contributed by atoms with Gasteiger partial charge in [-0.3, -0.25) is 4.68 Å². The van der Waals surface area contributed by atoms with Crippen molar-refractivity contribution in [1.29, 1.82) is 0 Å². The van der Waals surface area contributed by atoms with Gasteiger partial charge in [-0.25, -0.2) is 4.79 Å². The number of esters is 1. The Labute approximate surface area is 165 Å². The molecule has 0 aliphatic carbocycles. The van der Waals surface area contributed by atoms with E-state index in [-0.39, 0.29) is 5.69 Å². The van der Waals surface area contributed by atoms with Crippen molar-refractivity contribution in [3.8, 4) is 11.5 Å². The Hall–Kier alpha value is -3.34. The molecule has 0 saturated carbocycles. The molecule has 28 heavy (non-hydrogen) atoms. The van der Waals surface area contributed by atoms with Crippen molar-refractivity contribution in [1.82, 2.24) is 24.7 Å². The number of methoxy groups -OCH3 is 3. The van der Waals surface area contributed by atoms with Gasteiger partial charge in [-0.1, -0.05) is 11.8 Å². The fourth-order valence-electron chi connectivity index (χ4n) is 2.23. The summed E-state index contributed by atoms with van der Waals surface area (Å²) in [6, 6.07) is 7.02. The zero-order valence-electron chi connectivity index (χ0n) is 15.5. The number of hydrogen-bond donors (Lipinski definition) is 0. The molecular weight excluding hydrogens is 384 g/mol. The number of benzene rings is 1. The van der Waals surface area contributed by atoms with Crippen molar-refractivity contribution >= 4 is 23.9 Å². The van der Waals surface area contributed by atoms with E-state index in [1.54, 1.807) is 43.4 Å². The maximum absolute atomic E-state index is 11.5. The molecule has 0 bridgehead atoms. The van der Waals surface area contributed by atoms with E-state index in [9.17, 15) is 4.79 Å². The fourth-order valence-corrected chi connectivity index (χ4v) is 2.95. The summed E-state index contributed by atoms with van der Waals surface area (Å²) in [5.74, 6) is 1.30.